The first kappa shape index (κ1) is 14.3. The minimum atomic E-state index is -0.280. The summed E-state index contributed by atoms with van der Waals surface area (Å²) in [5, 5.41) is 3.68. The molecule has 6 heteroatoms. The van der Waals surface area contributed by atoms with E-state index in [1.807, 2.05) is 6.92 Å². The van der Waals surface area contributed by atoms with Crippen molar-refractivity contribution in [3.8, 4) is 0 Å². The van der Waals surface area contributed by atoms with Gasteiger partial charge in [-0.3, -0.25) is 0 Å². The molecule has 0 aliphatic rings. The summed E-state index contributed by atoms with van der Waals surface area (Å²) in [5.74, 6) is 0.729. The Morgan fingerprint density at radius 3 is 3.05 bits per heavy atom. The lowest BCUT2D eigenvalue weighted by Crippen LogP contribution is -2.34. The average Bonchev–Trinajstić information content (AvgIpc) is 2.74. The molecule has 0 unspecified atom stereocenters. The van der Waals surface area contributed by atoms with E-state index in [4.69, 9.17) is 14.9 Å². The minimum Gasteiger partial charge on any atom is -0.459 e. The van der Waals surface area contributed by atoms with Crippen LogP contribution >= 0.6 is 0 Å². The number of nitrogens with one attached hydrogen (secondary N) is 1. The highest BCUT2D eigenvalue weighted by Gasteiger charge is 2.10. The van der Waals surface area contributed by atoms with E-state index >= 15 is 0 Å². The van der Waals surface area contributed by atoms with Crippen molar-refractivity contribution >= 4 is 16.9 Å². The summed E-state index contributed by atoms with van der Waals surface area (Å²) in [6, 6.07) is 4.45. The maximum atomic E-state index is 13.2. The zero-order chi connectivity index (χ0) is 14.5. The molecule has 0 atom stereocenters. The fraction of sp³-hybridized carbons (Fsp3) is 0.357. The Morgan fingerprint density at radius 1 is 1.50 bits per heavy atom. The fourth-order valence-corrected chi connectivity index (χ4v) is 1.89. The number of aryl methyl sites for hydroxylation is 1. The molecule has 2 rings (SSSR count). The molecule has 0 aliphatic heterocycles. The minimum absolute atomic E-state index is 0.280. The lowest BCUT2D eigenvalue weighted by molar-refractivity contribution is 0.204. The number of hydrogen-bond acceptors (Lipinski definition) is 3. The maximum Gasteiger partial charge on any atom is 0.189 e. The van der Waals surface area contributed by atoms with Gasteiger partial charge in [0.1, 0.15) is 23.7 Å². The van der Waals surface area contributed by atoms with Gasteiger partial charge in [0, 0.05) is 24.6 Å². The van der Waals surface area contributed by atoms with Crippen molar-refractivity contribution < 1.29 is 13.5 Å². The molecule has 0 spiro atoms. The van der Waals surface area contributed by atoms with Gasteiger partial charge in [-0.25, -0.2) is 9.38 Å². The standard InChI is InChI=1S/C14H18FN3O2/c1-9-11-7-10(15)3-4-12(11)20-13(9)8-18-14(16)17-5-6-19-2/h3-4,7H,5-6,8H2,1-2H3,(H3,16,17,18). The Kier molecular flexibility index (Phi) is 4.57. The average molecular weight is 279 g/mol. The molecule has 0 radical (unpaired) electrons. The first-order chi connectivity index (χ1) is 9.61. The molecule has 1 heterocycles. The van der Waals surface area contributed by atoms with Crippen LogP contribution in [0.3, 0.4) is 0 Å². The first-order valence-electron chi connectivity index (χ1n) is 6.32. The summed E-state index contributed by atoms with van der Waals surface area (Å²) in [6.07, 6.45) is 0. The Hall–Kier alpha value is -2.08. The second-order valence-corrected chi connectivity index (χ2v) is 4.41. The normalized spacial score (nSPS) is 12.1. The van der Waals surface area contributed by atoms with Crippen molar-refractivity contribution in [1.82, 2.24) is 5.32 Å². The van der Waals surface area contributed by atoms with Crippen LogP contribution in [0.1, 0.15) is 11.3 Å². The molecule has 5 nitrogen and oxygen atoms in total. The number of furan rings is 1. The van der Waals surface area contributed by atoms with Crippen LogP contribution in [0.15, 0.2) is 27.6 Å². The molecule has 1 aromatic carbocycles. The number of nitrogens with two attached hydrogens (primary N) is 1. The van der Waals surface area contributed by atoms with Crippen LogP contribution in [0.25, 0.3) is 11.0 Å². The third-order valence-corrected chi connectivity index (χ3v) is 3.00. The number of guanidine groups is 1. The number of methoxy groups -OCH3 is 1. The highest BCUT2D eigenvalue weighted by molar-refractivity contribution is 5.82. The Balaban J connectivity index is 2.10. The molecule has 2 aromatic rings. The SMILES string of the molecule is COCCNC(N)=NCc1oc2ccc(F)cc2c1C. The van der Waals surface area contributed by atoms with Gasteiger partial charge in [0.15, 0.2) is 5.96 Å². The topological polar surface area (TPSA) is 72.8 Å². The number of hydrogen-bond donors (Lipinski definition) is 2. The summed E-state index contributed by atoms with van der Waals surface area (Å²) in [7, 11) is 1.62. The summed E-state index contributed by atoms with van der Waals surface area (Å²) >= 11 is 0. The van der Waals surface area contributed by atoms with Gasteiger partial charge in [0.2, 0.25) is 0 Å². The lowest BCUT2D eigenvalue weighted by Gasteiger charge is -2.03. The van der Waals surface area contributed by atoms with Crippen molar-refractivity contribution in [3.05, 3.63) is 35.3 Å². The van der Waals surface area contributed by atoms with Crippen LogP contribution in [-0.4, -0.2) is 26.2 Å². The lowest BCUT2D eigenvalue weighted by atomic mass is 10.1. The molecule has 1 aromatic heterocycles. The van der Waals surface area contributed by atoms with Gasteiger partial charge in [-0.2, -0.15) is 0 Å². The molecule has 108 valence electrons. The van der Waals surface area contributed by atoms with E-state index in [1.54, 1.807) is 13.2 Å². The van der Waals surface area contributed by atoms with Crippen molar-refractivity contribution in [2.75, 3.05) is 20.3 Å². The van der Waals surface area contributed by atoms with Crippen LogP contribution in [-0.2, 0) is 11.3 Å². The zero-order valence-corrected chi connectivity index (χ0v) is 11.6. The molecule has 0 aliphatic carbocycles. The Bertz CT molecular complexity index is 622. The first-order valence-corrected chi connectivity index (χ1v) is 6.32. The smallest absolute Gasteiger partial charge is 0.189 e. The Morgan fingerprint density at radius 2 is 2.30 bits per heavy atom. The van der Waals surface area contributed by atoms with Gasteiger partial charge in [-0.1, -0.05) is 0 Å². The third kappa shape index (κ3) is 3.27. The largest absolute Gasteiger partial charge is 0.459 e. The van der Waals surface area contributed by atoms with Gasteiger partial charge in [-0.05, 0) is 25.1 Å². The summed E-state index contributed by atoms with van der Waals surface area (Å²) in [6.45, 7) is 3.34. The summed E-state index contributed by atoms with van der Waals surface area (Å²) in [4.78, 5) is 4.18. The van der Waals surface area contributed by atoms with Gasteiger partial charge in [0.25, 0.3) is 0 Å². The monoisotopic (exact) mass is 279 g/mol. The number of nitrogens with zero attached hydrogens (tertiary/aromatic N) is 1. The van der Waals surface area contributed by atoms with E-state index in [1.165, 1.54) is 12.1 Å². The molecule has 0 bridgehead atoms. The second-order valence-electron chi connectivity index (χ2n) is 4.41. The van der Waals surface area contributed by atoms with Crippen molar-refractivity contribution in [2.45, 2.75) is 13.5 Å². The molecular formula is C14H18FN3O2. The predicted octanol–water partition coefficient (Wildman–Crippen LogP) is 1.93. The van der Waals surface area contributed by atoms with Crippen LogP contribution in [0.2, 0.25) is 0 Å². The quantitative estimate of drug-likeness (QED) is 0.498. The van der Waals surface area contributed by atoms with E-state index < -0.39 is 0 Å². The van der Waals surface area contributed by atoms with Crippen molar-refractivity contribution in [2.24, 2.45) is 10.7 Å². The van der Waals surface area contributed by atoms with E-state index in [9.17, 15) is 4.39 Å². The zero-order valence-electron chi connectivity index (χ0n) is 11.6. The second kappa shape index (κ2) is 6.38. The van der Waals surface area contributed by atoms with E-state index in [2.05, 4.69) is 10.3 Å². The molecular weight excluding hydrogens is 261 g/mol. The van der Waals surface area contributed by atoms with Crippen LogP contribution in [0.4, 0.5) is 4.39 Å². The highest BCUT2D eigenvalue weighted by atomic mass is 19.1. The molecule has 3 N–H and O–H groups in total. The molecule has 20 heavy (non-hydrogen) atoms. The summed E-state index contributed by atoms with van der Waals surface area (Å²) in [5.41, 5.74) is 7.25. The fourth-order valence-electron chi connectivity index (χ4n) is 1.89. The van der Waals surface area contributed by atoms with E-state index in [0.717, 1.165) is 10.9 Å². The number of halogens is 1. The maximum absolute atomic E-state index is 13.2. The van der Waals surface area contributed by atoms with E-state index in [0.29, 0.717) is 37.0 Å². The highest BCUT2D eigenvalue weighted by Crippen LogP contribution is 2.26. The number of rotatable bonds is 5. The number of ether oxygens (including phenoxy) is 1. The van der Waals surface area contributed by atoms with Crippen LogP contribution < -0.4 is 11.1 Å². The Labute approximate surface area is 116 Å². The molecule has 0 saturated carbocycles. The molecule has 0 fully saturated rings. The molecule has 0 saturated heterocycles. The summed E-state index contributed by atoms with van der Waals surface area (Å²) < 4.78 is 23.7. The van der Waals surface area contributed by atoms with Gasteiger partial charge in [0.05, 0.1) is 6.61 Å². The van der Waals surface area contributed by atoms with Gasteiger partial charge in [-0.15, -0.1) is 0 Å². The number of fused-ring (bicyclic) bond motifs is 1. The van der Waals surface area contributed by atoms with Crippen LogP contribution in [0.5, 0.6) is 0 Å². The number of benzene rings is 1. The van der Waals surface area contributed by atoms with Gasteiger partial charge < -0.3 is 20.2 Å². The van der Waals surface area contributed by atoms with Crippen LogP contribution in [0, 0.1) is 12.7 Å². The van der Waals surface area contributed by atoms with Crippen molar-refractivity contribution in [1.29, 1.82) is 0 Å². The third-order valence-electron chi connectivity index (χ3n) is 3.00. The van der Waals surface area contributed by atoms with E-state index in [-0.39, 0.29) is 5.82 Å². The predicted molar refractivity (Wildman–Crippen MR) is 76.1 cm³/mol. The van der Waals surface area contributed by atoms with Gasteiger partial charge >= 0.3 is 0 Å². The van der Waals surface area contributed by atoms with Crippen molar-refractivity contribution in [3.63, 3.8) is 0 Å². The molecule has 0 amide bonds. The number of aliphatic imine (C=N–C) groups is 1.